The predicted octanol–water partition coefficient (Wildman–Crippen LogP) is 1.78. The topological polar surface area (TPSA) is 73.1 Å². The van der Waals surface area contributed by atoms with Crippen LogP contribution in [0.2, 0.25) is 0 Å². The summed E-state index contributed by atoms with van der Waals surface area (Å²) in [5.41, 5.74) is -0.606. The standard InChI is InChI=1S/C15H16F3N5O2/c1-10(14(24)22-5-7-25-8-6-22)23-20-13(19-21-23)11-3-2-4-12(9-11)15(16,17)18/h2-4,9-10H,5-8H2,1H3/t10-/m1/s1. The van der Waals surface area contributed by atoms with Crippen LogP contribution < -0.4 is 0 Å². The number of halogens is 3. The highest BCUT2D eigenvalue weighted by molar-refractivity contribution is 5.80. The Morgan fingerprint density at radius 2 is 2.00 bits per heavy atom. The average molecular weight is 355 g/mol. The Morgan fingerprint density at radius 3 is 2.68 bits per heavy atom. The summed E-state index contributed by atoms with van der Waals surface area (Å²) in [6.45, 7) is 3.53. The van der Waals surface area contributed by atoms with E-state index < -0.39 is 17.8 Å². The van der Waals surface area contributed by atoms with Crippen molar-refractivity contribution in [2.75, 3.05) is 26.3 Å². The van der Waals surface area contributed by atoms with Gasteiger partial charge in [0.1, 0.15) is 6.04 Å². The van der Waals surface area contributed by atoms with Crippen LogP contribution in [0.3, 0.4) is 0 Å². The molecule has 2 aromatic rings. The molecule has 1 amide bonds. The number of ether oxygens (including phenoxy) is 1. The molecule has 7 nitrogen and oxygen atoms in total. The Hall–Kier alpha value is -2.49. The van der Waals surface area contributed by atoms with Crippen LogP contribution in [-0.4, -0.2) is 57.3 Å². The molecule has 1 atom stereocenters. The van der Waals surface area contributed by atoms with Crippen LogP contribution in [0.25, 0.3) is 11.4 Å². The number of carbonyl (C=O) groups excluding carboxylic acids is 1. The normalized spacial score (nSPS) is 16.7. The first-order chi connectivity index (χ1) is 11.9. The van der Waals surface area contributed by atoms with Gasteiger partial charge in [-0.05, 0) is 24.3 Å². The molecule has 0 spiro atoms. The van der Waals surface area contributed by atoms with E-state index in [1.165, 1.54) is 12.1 Å². The first-order valence-electron chi connectivity index (χ1n) is 7.70. The lowest BCUT2D eigenvalue weighted by molar-refractivity contribution is -0.139. The number of hydrogen-bond acceptors (Lipinski definition) is 5. The number of benzene rings is 1. The largest absolute Gasteiger partial charge is 0.416 e. The monoisotopic (exact) mass is 355 g/mol. The van der Waals surface area contributed by atoms with E-state index >= 15 is 0 Å². The van der Waals surface area contributed by atoms with Gasteiger partial charge in [0.05, 0.1) is 18.8 Å². The van der Waals surface area contributed by atoms with E-state index in [-0.39, 0.29) is 17.3 Å². The van der Waals surface area contributed by atoms with E-state index in [9.17, 15) is 18.0 Å². The molecule has 1 aromatic heterocycles. The number of aromatic nitrogens is 4. The summed E-state index contributed by atoms with van der Waals surface area (Å²) in [5, 5.41) is 11.7. The first kappa shape index (κ1) is 17.3. The smallest absolute Gasteiger partial charge is 0.378 e. The van der Waals surface area contributed by atoms with Crippen molar-refractivity contribution in [2.24, 2.45) is 0 Å². The molecule has 1 fully saturated rings. The minimum Gasteiger partial charge on any atom is -0.378 e. The zero-order chi connectivity index (χ0) is 18.0. The molecule has 3 rings (SSSR count). The minimum atomic E-state index is -4.45. The molecule has 0 bridgehead atoms. The summed E-state index contributed by atoms with van der Waals surface area (Å²) in [6.07, 6.45) is -4.45. The molecule has 2 heterocycles. The third kappa shape index (κ3) is 3.78. The molecule has 1 saturated heterocycles. The second kappa shape index (κ2) is 6.79. The Bertz CT molecular complexity index is 756. The maximum Gasteiger partial charge on any atom is 0.416 e. The molecule has 1 aliphatic heterocycles. The number of hydrogen-bond donors (Lipinski definition) is 0. The summed E-state index contributed by atoms with van der Waals surface area (Å²) in [7, 11) is 0. The van der Waals surface area contributed by atoms with E-state index in [1.807, 2.05) is 0 Å². The molecule has 134 valence electrons. The van der Waals surface area contributed by atoms with Gasteiger partial charge < -0.3 is 9.64 Å². The Kier molecular flexibility index (Phi) is 4.71. The third-order valence-electron chi connectivity index (χ3n) is 3.90. The van der Waals surface area contributed by atoms with Crippen LogP contribution in [0.5, 0.6) is 0 Å². The maximum atomic E-state index is 12.8. The summed E-state index contributed by atoms with van der Waals surface area (Å²) in [6, 6.07) is 3.96. The minimum absolute atomic E-state index is 0.0349. The van der Waals surface area contributed by atoms with Gasteiger partial charge in [0.15, 0.2) is 0 Å². The Balaban J connectivity index is 1.79. The van der Waals surface area contributed by atoms with Crippen molar-refractivity contribution in [3.05, 3.63) is 29.8 Å². The van der Waals surface area contributed by atoms with Crippen molar-refractivity contribution in [1.29, 1.82) is 0 Å². The van der Waals surface area contributed by atoms with Gasteiger partial charge in [0.2, 0.25) is 11.7 Å². The average Bonchev–Trinajstić information content (AvgIpc) is 3.11. The quantitative estimate of drug-likeness (QED) is 0.839. The fourth-order valence-corrected chi connectivity index (χ4v) is 2.49. The lowest BCUT2D eigenvalue weighted by Gasteiger charge is -2.28. The van der Waals surface area contributed by atoms with Crippen LogP contribution in [0.15, 0.2) is 24.3 Å². The number of amides is 1. The predicted molar refractivity (Wildman–Crippen MR) is 80.4 cm³/mol. The number of tetrazole rings is 1. The van der Waals surface area contributed by atoms with Crippen molar-refractivity contribution in [1.82, 2.24) is 25.1 Å². The van der Waals surface area contributed by atoms with Crippen molar-refractivity contribution < 1.29 is 22.7 Å². The van der Waals surface area contributed by atoms with Crippen LogP contribution in [-0.2, 0) is 15.7 Å². The lowest BCUT2D eigenvalue weighted by atomic mass is 10.1. The van der Waals surface area contributed by atoms with E-state index in [4.69, 9.17) is 4.74 Å². The number of nitrogens with zero attached hydrogens (tertiary/aromatic N) is 5. The Labute approximate surface area is 141 Å². The summed E-state index contributed by atoms with van der Waals surface area (Å²) >= 11 is 0. The van der Waals surface area contributed by atoms with Gasteiger partial charge >= 0.3 is 6.18 Å². The van der Waals surface area contributed by atoms with Gasteiger partial charge in [-0.3, -0.25) is 4.79 Å². The van der Waals surface area contributed by atoms with E-state index in [0.29, 0.717) is 26.3 Å². The number of carbonyl (C=O) groups is 1. The summed E-state index contributed by atoms with van der Waals surface area (Å²) < 4.78 is 43.6. The zero-order valence-electron chi connectivity index (χ0n) is 13.4. The molecule has 0 radical (unpaired) electrons. The molecule has 1 aliphatic rings. The second-order valence-corrected chi connectivity index (χ2v) is 5.63. The number of rotatable bonds is 3. The molecule has 25 heavy (non-hydrogen) atoms. The number of alkyl halides is 3. The number of morpholine rings is 1. The summed E-state index contributed by atoms with van der Waals surface area (Å²) in [5.74, 6) is -0.149. The SMILES string of the molecule is C[C@H](C(=O)N1CCOCC1)n1nnc(-c2cccc(C(F)(F)F)c2)n1. The highest BCUT2D eigenvalue weighted by atomic mass is 19.4. The molecule has 0 N–H and O–H groups in total. The van der Waals surface area contributed by atoms with Gasteiger partial charge in [0, 0.05) is 18.7 Å². The highest BCUT2D eigenvalue weighted by Gasteiger charge is 2.31. The lowest BCUT2D eigenvalue weighted by Crippen LogP contribution is -2.44. The van der Waals surface area contributed by atoms with Gasteiger partial charge in [0.25, 0.3) is 0 Å². The Morgan fingerprint density at radius 1 is 1.28 bits per heavy atom. The van der Waals surface area contributed by atoms with Crippen LogP contribution in [0.4, 0.5) is 13.2 Å². The van der Waals surface area contributed by atoms with Crippen molar-refractivity contribution >= 4 is 5.91 Å². The zero-order valence-corrected chi connectivity index (χ0v) is 13.4. The van der Waals surface area contributed by atoms with Crippen LogP contribution in [0, 0.1) is 0 Å². The molecular formula is C15H16F3N5O2. The van der Waals surface area contributed by atoms with Gasteiger partial charge in [-0.15, -0.1) is 10.2 Å². The van der Waals surface area contributed by atoms with Crippen LogP contribution >= 0.6 is 0 Å². The van der Waals surface area contributed by atoms with Gasteiger partial charge in [-0.1, -0.05) is 12.1 Å². The molecular weight excluding hydrogens is 339 g/mol. The fraction of sp³-hybridized carbons (Fsp3) is 0.467. The van der Waals surface area contributed by atoms with Gasteiger partial charge in [-0.2, -0.15) is 18.0 Å². The molecule has 0 aliphatic carbocycles. The van der Waals surface area contributed by atoms with E-state index in [2.05, 4.69) is 15.4 Å². The van der Waals surface area contributed by atoms with Crippen molar-refractivity contribution in [3.63, 3.8) is 0 Å². The van der Waals surface area contributed by atoms with Gasteiger partial charge in [-0.25, -0.2) is 0 Å². The van der Waals surface area contributed by atoms with Crippen LogP contribution in [0.1, 0.15) is 18.5 Å². The fourth-order valence-electron chi connectivity index (χ4n) is 2.49. The molecule has 0 unspecified atom stereocenters. The molecule has 0 saturated carbocycles. The maximum absolute atomic E-state index is 12.8. The van der Waals surface area contributed by atoms with E-state index in [0.717, 1.165) is 16.9 Å². The highest BCUT2D eigenvalue weighted by Crippen LogP contribution is 2.31. The van der Waals surface area contributed by atoms with Crippen molar-refractivity contribution in [2.45, 2.75) is 19.1 Å². The second-order valence-electron chi connectivity index (χ2n) is 5.63. The molecule has 10 heteroatoms. The first-order valence-corrected chi connectivity index (χ1v) is 7.70. The summed E-state index contributed by atoms with van der Waals surface area (Å²) in [4.78, 5) is 15.2. The van der Waals surface area contributed by atoms with E-state index in [1.54, 1.807) is 11.8 Å². The van der Waals surface area contributed by atoms with Crippen molar-refractivity contribution in [3.8, 4) is 11.4 Å². The molecule has 1 aromatic carbocycles. The third-order valence-corrected chi connectivity index (χ3v) is 3.90.